The standard InChI is InChI=1S/C14H16BrNS/c1-3-12(16)14-7-6-13(17-14)11-8-10(15)5-4-9(11)2/h4-8,12H,3,16H2,1-2H3. The Morgan fingerprint density at radius 3 is 2.76 bits per heavy atom. The molecule has 0 bridgehead atoms. The van der Waals surface area contributed by atoms with E-state index < -0.39 is 0 Å². The molecule has 1 unspecified atom stereocenters. The molecule has 0 fully saturated rings. The minimum absolute atomic E-state index is 0.168. The van der Waals surface area contributed by atoms with E-state index in [1.54, 1.807) is 11.3 Å². The number of thiophene rings is 1. The van der Waals surface area contributed by atoms with Crippen molar-refractivity contribution in [1.82, 2.24) is 0 Å². The number of rotatable bonds is 3. The molecule has 3 heteroatoms. The Bertz CT molecular complexity index is 519. The van der Waals surface area contributed by atoms with Crippen molar-refractivity contribution in [2.45, 2.75) is 26.3 Å². The quantitative estimate of drug-likeness (QED) is 0.857. The van der Waals surface area contributed by atoms with Crippen molar-refractivity contribution >= 4 is 27.3 Å². The van der Waals surface area contributed by atoms with Gasteiger partial charge in [0.25, 0.3) is 0 Å². The number of benzene rings is 1. The van der Waals surface area contributed by atoms with E-state index in [4.69, 9.17) is 5.73 Å². The highest BCUT2D eigenvalue weighted by molar-refractivity contribution is 9.10. The lowest BCUT2D eigenvalue weighted by Gasteiger charge is -2.05. The van der Waals surface area contributed by atoms with Crippen LogP contribution in [0.1, 0.15) is 29.8 Å². The highest BCUT2D eigenvalue weighted by Crippen LogP contribution is 2.34. The van der Waals surface area contributed by atoms with E-state index in [1.807, 2.05) is 0 Å². The molecule has 1 heterocycles. The highest BCUT2D eigenvalue weighted by atomic mass is 79.9. The summed E-state index contributed by atoms with van der Waals surface area (Å²) in [5, 5.41) is 0. The lowest BCUT2D eigenvalue weighted by Crippen LogP contribution is -2.05. The predicted molar refractivity (Wildman–Crippen MR) is 79.4 cm³/mol. The molecule has 0 saturated heterocycles. The van der Waals surface area contributed by atoms with Gasteiger partial charge in [0.05, 0.1) is 0 Å². The van der Waals surface area contributed by atoms with Crippen LogP contribution in [0, 0.1) is 6.92 Å². The van der Waals surface area contributed by atoms with Crippen LogP contribution in [0.5, 0.6) is 0 Å². The van der Waals surface area contributed by atoms with Gasteiger partial charge < -0.3 is 5.73 Å². The molecular weight excluding hydrogens is 294 g/mol. The van der Waals surface area contributed by atoms with Gasteiger partial charge in [-0.25, -0.2) is 0 Å². The first-order valence-corrected chi connectivity index (χ1v) is 7.34. The van der Waals surface area contributed by atoms with Crippen LogP contribution in [-0.2, 0) is 0 Å². The van der Waals surface area contributed by atoms with E-state index in [-0.39, 0.29) is 6.04 Å². The third-order valence-electron chi connectivity index (χ3n) is 2.90. The average molecular weight is 310 g/mol. The van der Waals surface area contributed by atoms with Crippen molar-refractivity contribution in [3.05, 3.63) is 45.2 Å². The van der Waals surface area contributed by atoms with Gasteiger partial charge in [0.1, 0.15) is 0 Å². The lowest BCUT2D eigenvalue weighted by molar-refractivity contribution is 0.712. The van der Waals surface area contributed by atoms with Crippen LogP contribution in [0.2, 0.25) is 0 Å². The second kappa shape index (κ2) is 5.34. The first-order chi connectivity index (χ1) is 8.11. The topological polar surface area (TPSA) is 26.0 Å². The maximum atomic E-state index is 6.05. The maximum absolute atomic E-state index is 6.05. The average Bonchev–Trinajstić information content (AvgIpc) is 2.80. The molecule has 0 aliphatic carbocycles. The van der Waals surface area contributed by atoms with Gasteiger partial charge in [-0.15, -0.1) is 11.3 Å². The third-order valence-corrected chi connectivity index (χ3v) is 4.64. The summed E-state index contributed by atoms with van der Waals surface area (Å²) in [6.07, 6.45) is 0.984. The molecule has 90 valence electrons. The Balaban J connectivity index is 2.40. The van der Waals surface area contributed by atoms with Crippen LogP contribution in [0.15, 0.2) is 34.8 Å². The van der Waals surface area contributed by atoms with Gasteiger partial charge in [-0.3, -0.25) is 0 Å². The van der Waals surface area contributed by atoms with E-state index in [1.165, 1.54) is 20.9 Å². The van der Waals surface area contributed by atoms with Crippen LogP contribution < -0.4 is 5.73 Å². The molecule has 0 aliphatic rings. The summed E-state index contributed by atoms with van der Waals surface area (Å²) in [6, 6.07) is 10.9. The predicted octanol–water partition coefficient (Wildman–Crippen LogP) is 4.90. The fraction of sp³-hybridized carbons (Fsp3) is 0.286. The van der Waals surface area contributed by atoms with Crippen molar-refractivity contribution in [3.8, 4) is 10.4 Å². The molecule has 0 saturated carbocycles. The van der Waals surface area contributed by atoms with Gasteiger partial charge in [-0.1, -0.05) is 28.9 Å². The summed E-state index contributed by atoms with van der Waals surface area (Å²) in [5.41, 5.74) is 8.64. The Kier molecular flexibility index (Phi) is 4.02. The van der Waals surface area contributed by atoms with Gasteiger partial charge >= 0.3 is 0 Å². The van der Waals surface area contributed by atoms with E-state index in [0.717, 1.165) is 10.9 Å². The molecule has 1 aromatic carbocycles. The molecule has 2 rings (SSSR count). The Morgan fingerprint density at radius 1 is 1.29 bits per heavy atom. The highest BCUT2D eigenvalue weighted by Gasteiger charge is 2.10. The van der Waals surface area contributed by atoms with Crippen molar-refractivity contribution < 1.29 is 0 Å². The zero-order chi connectivity index (χ0) is 12.4. The molecule has 1 aromatic heterocycles. The smallest absolute Gasteiger partial charge is 0.0387 e. The third kappa shape index (κ3) is 2.79. The van der Waals surface area contributed by atoms with Crippen LogP contribution in [0.4, 0.5) is 0 Å². The van der Waals surface area contributed by atoms with Gasteiger partial charge in [0.15, 0.2) is 0 Å². The molecule has 2 N–H and O–H groups in total. The summed E-state index contributed by atoms with van der Waals surface area (Å²) in [5.74, 6) is 0. The van der Waals surface area contributed by atoms with Gasteiger partial charge in [-0.05, 0) is 48.7 Å². The Labute approximate surface area is 115 Å². The molecule has 0 aliphatic heterocycles. The molecule has 0 radical (unpaired) electrons. The Hall–Kier alpha value is -0.640. The molecule has 0 spiro atoms. The Morgan fingerprint density at radius 2 is 2.06 bits per heavy atom. The van der Waals surface area contributed by atoms with Crippen molar-refractivity contribution in [2.24, 2.45) is 5.73 Å². The largest absolute Gasteiger partial charge is 0.323 e. The minimum Gasteiger partial charge on any atom is -0.323 e. The van der Waals surface area contributed by atoms with E-state index in [9.17, 15) is 0 Å². The summed E-state index contributed by atoms with van der Waals surface area (Å²) < 4.78 is 1.12. The van der Waals surface area contributed by atoms with Gasteiger partial charge in [0, 0.05) is 20.3 Å². The molecule has 2 aromatic rings. The van der Waals surface area contributed by atoms with E-state index >= 15 is 0 Å². The zero-order valence-electron chi connectivity index (χ0n) is 10.0. The second-order valence-electron chi connectivity index (χ2n) is 4.18. The zero-order valence-corrected chi connectivity index (χ0v) is 12.4. The summed E-state index contributed by atoms with van der Waals surface area (Å²) in [7, 11) is 0. The number of nitrogens with two attached hydrogens (primary N) is 1. The fourth-order valence-electron chi connectivity index (χ4n) is 1.76. The number of hydrogen-bond donors (Lipinski definition) is 1. The molecule has 17 heavy (non-hydrogen) atoms. The van der Waals surface area contributed by atoms with Crippen LogP contribution in [0.3, 0.4) is 0 Å². The lowest BCUT2D eigenvalue weighted by atomic mass is 10.1. The maximum Gasteiger partial charge on any atom is 0.0387 e. The molecule has 1 atom stereocenters. The van der Waals surface area contributed by atoms with Crippen molar-refractivity contribution in [1.29, 1.82) is 0 Å². The SMILES string of the molecule is CCC(N)c1ccc(-c2cc(Br)ccc2C)s1. The van der Waals surface area contributed by atoms with Crippen molar-refractivity contribution in [3.63, 3.8) is 0 Å². The summed E-state index contributed by atoms with van der Waals surface area (Å²) in [4.78, 5) is 2.56. The first-order valence-electron chi connectivity index (χ1n) is 5.73. The van der Waals surface area contributed by atoms with Gasteiger partial charge in [0.2, 0.25) is 0 Å². The molecule has 1 nitrogen and oxygen atoms in total. The number of aryl methyl sites for hydroxylation is 1. The summed E-state index contributed by atoms with van der Waals surface area (Å²) in [6.45, 7) is 4.26. The van der Waals surface area contributed by atoms with Crippen LogP contribution in [-0.4, -0.2) is 0 Å². The van der Waals surface area contributed by atoms with Gasteiger partial charge in [-0.2, -0.15) is 0 Å². The normalized spacial score (nSPS) is 12.7. The van der Waals surface area contributed by atoms with E-state index in [2.05, 4.69) is 60.1 Å². The molecular formula is C14H16BrNS. The fourth-order valence-corrected chi connectivity index (χ4v) is 3.29. The second-order valence-corrected chi connectivity index (χ2v) is 6.21. The van der Waals surface area contributed by atoms with Crippen LogP contribution in [0.25, 0.3) is 10.4 Å². The van der Waals surface area contributed by atoms with Crippen molar-refractivity contribution in [2.75, 3.05) is 0 Å². The van der Waals surface area contributed by atoms with Crippen LogP contribution >= 0.6 is 27.3 Å². The van der Waals surface area contributed by atoms with E-state index in [0.29, 0.717) is 0 Å². The minimum atomic E-state index is 0.168. The monoisotopic (exact) mass is 309 g/mol. The molecule has 0 amide bonds. The summed E-state index contributed by atoms with van der Waals surface area (Å²) >= 11 is 5.32. The first kappa shape index (κ1) is 12.8. The number of halogens is 1. The number of hydrogen-bond acceptors (Lipinski definition) is 2.